The summed E-state index contributed by atoms with van der Waals surface area (Å²) < 4.78 is 1.35. The van der Waals surface area contributed by atoms with Gasteiger partial charge in [-0.15, -0.1) is 0 Å². The van der Waals surface area contributed by atoms with Gasteiger partial charge in [-0.2, -0.15) is 5.10 Å². The van der Waals surface area contributed by atoms with Gasteiger partial charge in [-0.3, -0.25) is 9.48 Å². The summed E-state index contributed by atoms with van der Waals surface area (Å²) in [5, 5.41) is 16.0. The van der Waals surface area contributed by atoms with E-state index in [2.05, 4.69) is 10.4 Å². The van der Waals surface area contributed by atoms with Crippen LogP contribution in [0.5, 0.6) is 0 Å². The number of rotatable bonds is 4. The maximum Gasteiger partial charge on any atom is 0.331 e. The summed E-state index contributed by atoms with van der Waals surface area (Å²) in [6.45, 7) is 3.13. The van der Waals surface area contributed by atoms with Crippen LogP contribution in [-0.2, 0) is 15.1 Å². The number of aliphatic carboxylic acids is 1. The number of carbonyl (C=O) groups is 2. The molecule has 1 aliphatic carbocycles. The van der Waals surface area contributed by atoms with Gasteiger partial charge in [0.1, 0.15) is 0 Å². The van der Waals surface area contributed by atoms with Crippen LogP contribution < -0.4 is 5.32 Å². The van der Waals surface area contributed by atoms with Crippen LogP contribution in [0.1, 0.15) is 46.0 Å². The normalized spacial score (nSPS) is 16.9. The zero-order chi connectivity index (χ0) is 14.8. The Kier molecular flexibility index (Phi) is 4.11. The molecule has 0 unspecified atom stereocenters. The van der Waals surface area contributed by atoms with Gasteiger partial charge in [0, 0.05) is 12.1 Å². The first-order valence-corrected chi connectivity index (χ1v) is 7.00. The second kappa shape index (κ2) is 5.64. The molecule has 0 saturated heterocycles. The topological polar surface area (TPSA) is 84.2 Å². The molecule has 1 fully saturated rings. The van der Waals surface area contributed by atoms with E-state index in [1.165, 1.54) is 17.3 Å². The lowest BCUT2D eigenvalue weighted by Crippen LogP contribution is -2.36. The van der Waals surface area contributed by atoms with E-state index in [9.17, 15) is 9.59 Å². The molecule has 1 amide bonds. The minimum Gasteiger partial charge on any atom is -0.479 e. The van der Waals surface area contributed by atoms with Gasteiger partial charge in [0.05, 0.1) is 11.9 Å². The van der Waals surface area contributed by atoms with Crippen LogP contribution in [0.15, 0.2) is 12.4 Å². The molecule has 0 aliphatic heterocycles. The van der Waals surface area contributed by atoms with E-state index >= 15 is 0 Å². The largest absolute Gasteiger partial charge is 0.479 e. The predicted octanol–water partition coefficient (Wildman–Crippen LogP) is 2.22. The molecule has 1 aliphatic rings. The maximum absolute atomic E-state index is 12.1. The molecule has 6 heteroatoms. The second-order valence-corrected chi connectivity index (χ2v) is 5.86. The Hall–Kier alpha value is -1.85. The van der Waals surface area contributed by atoms with Crippen molar-refractivity contribution in [2.24, 2.45) is 5.92 Å². The molecule has 20 heavy (non-hydrogen) atoms. The number of carbonyl (C=O) groups excluding carboxylic acids is 1. The number of hydrogen-bond donors (Lipinski definition) is 2. The van der Waals surface area contributed by atoms with Crippen molar-refractivity contribution in [2.45, 2.75) is 51.5 Å². The van der Waals surface area contributed by atoms with Crippen molar-refractivity contribution in [3.8, 4) is 0 Å². The molecular weight excluding hydrogens is 258 g/mol. The highest BCUT2D eigenvalue weighted by molar-refractivity contribution is 5.92. The lowest BCUT2D eigenvalue weighted by Gasteiger charge is -2.20. The first-order valence-electron chi connectivity index (χ1n) is 7.00. The number of anilines is 1. The van der Waals surface area contributed by atoms with Gasteiger partial charge in [0.15, 0.2) is 5.54 Å². The Balaban J connectivity index is 2.02. The van der Waals surface area contributed by atoms with Crippen molar-refractivity contribution in [1.29, 1.82) is 0 Å². The van der Waals surface area contributed by atoms with Gasteiger partial charge < -0.3 is 10.4 Å². The highest BCUT2D eigenvalue weighted by Gasteiger charge is 2.30. The molecule has 0 spiro atoms. The molecule has 110 valence electrons. The lowest BCUT2D eigenvalue weighted by molar-refractivity contribution is -0.146. The first-order chi connectivity index (χ1) is 9.41. The number of hydrogen-bond acceptors (Lipinski definition) is 3. The number of nitrogens with one attached hydrogen (secondary N) is 1. The Labute approximate surface area is 118 Å². The molecule has 0 radical (unpaired) electrons. The summed E-state index contributed by atoms with van der Waals surface area (Å²) in [5.74, 6) is -0.886. The number of aromatic nitrogens is 2. The third kappa shape index (κ3) is 3.00. The van der Waals surface area contributed by atoms with Crippen LogP contribution in [0.25, 0.3) is 0 Å². The molecule has 2 rings (SSSR count). The fraction of sp³-hybridized carbons (Fsp3) is 0.643. The van der Waals surface area contributed by atoms with Crippen LogP contribution >= 0.6 is 0 Å². The number of amides is 1. The van der Waals surface area contributed by atoms with Crippen LogP contribution in [0.3, 0.4) is 0 Å². The Bertz CT molecular complexity index is 502. The van der Waals surface area contributed by atoms with Gasteiger partial charge in [-0.05, 0) is 26.7 Å². The van der Waals surface area contributed by atoms with Crippen LogP contribution in [-0.4, -0.2) is 26.8 Å². The summed E-state index contributed by atoms with van der Waals surface area (Å²) in [4.78, 5) is 23.2. The highest BCUT2D eigenvalue weighted by atomic mass is 16.4. The molecule has 0 bridgehead atoms. The van der Waals surface area contributed by atoms with Gasteiger partial charge in [0.25, 0.3) is 0 Å². The quantitative estimate of drug-likeness (QED) is 0.885. The smallest absolute Gasteiger partial charge is 0.331 e. The molecule has 0 atom stereocenters. The number of nitrogens with zero attached hydrogens (tertiary/aromatic N) is 2. The van der Waals surface area contributed by atoms with Crippen molar-refractivity contribution in [3.05, 3.63) is 12.4 Å². The molecule has 1 heterocycles. The van der Waals surface area contributed by atoms with E-state index in [1.807, 2.05) is 0 Å². The number of carboxylic acids is 1. The van der Waals surface area contributed by atoms with Gasteiger partial charge in [-0.25, -0.2) is 4.79 Å². The molecule has 0 aromatic carbocycles. The summed E-state index contributed by atoms with van der Waals surface area (Å²) in [6, 6.07) is 0. The fourth-order valence-corrected chi connectivity index (χ4v) is 2.40. The van der Waals surface area contributed by atoms with E-state index < -0.39 is 11.5 Å². The fourth-order valence-electron chi connectivity index (χ4n) is 2.40. The molecule has 1 aromatic heterocycles. The lowest BCUT2D eigenvalue weighted by atomic mass is 9.89. The minimum atomic E-state index is -1.13. The third-order valence-electron chi connectivity index (χ3n) is 3.92. The van der Waals surface area contributed by atoms with Crippen molar-refractivity contribution >= 4 is 17.6 Å². The molecular formula is C14H21N3O3. The van der Waals surface area contributed by atoms with E-state index in [4.69, 9.17) is 5.11 Å². The van der Waals surface area contributed by atoms with Crippen LogP contribution in [0, 0.1) is 5.92 Å². The Morgan fingerprint density at radius 3 is 2.60 bits per heavy atom. The van der Waals surface area contributed by atoms with Gasteiger partial charge in [0.2, 0.25) is 5.91 Å². The second-order valence-electron chi connectivity index (χ2n) is 5.86. The monoisotopic (exact) mass is 279 g/mol. The van der Waals surface area contributed by atoms with E-state index in [1.54, 1.807) is 20.0 Å². The van der Waals surface area contributed by atoms with Crippen LogP contribution in [0.2, 0.25) is 0 Å². The molecule has 6 nitrogen and oxygen atoms in total. The summed E-state index contributed by atoms with van der Waals surface area (Å²) in [6.07, 6.45) is 8.32. The molecule has 2 N–H and O–H groups in total. The van der Waals surface area contributed by atoms with E-state index in [-0.39, 0.29) is 11.8 Å². The maximum atomic E-state index is 12.1. The summed E-state index contributed by atoms with van der Waals surface area (Å²) >= 11 is 0. The SMILES string of the molecule is CC(C)(C(=O)O)n1cc(NC(=O)C2CCCCC2)cn1. The number of carboxylic acid groups (broad SMARTS) is 1. The van der Waals surface area contributed by atoms with E-state index in [0.29, 0.717) is 5.69 Å². The summed E-state index contributed by atoms with van der Waals surface area (Å²) in [5.41, 5.74) is -0.580. The molecule has 1 saturated carbocycles. The Morgan fingerprint density at radius 2 is 2.00 bits per heavy atom. The highest BCUT2D eigenvalue weighted by Crippen LogP contribution is 2.25. The zero-order valence-corrected chi connectivity index (χ0v) is 11.9. The van der Waals surface area contributed by atoms with Gasteiger partial charge in [-0.1, -0.05) is 19.3 Å². The van der Waals surface area contributed by atoms with Crippen molar-refractivity contribution < 1.29 is 14.7 Å². The first kappa shape index (κ1) is 14.6. The van der Waals surface area contributed by atoms with E-state index in [0.717, 1.165) is 25.7 Å². The average Bonchev–Trinajstić information content (AvgIpc) is 2.88. The standard InChI is InChI=1S/C14H21N3O3/c1-14(2,13(19)20)17-9-11(8-15-17)16-12(18)10-6-4-3-5-7-10/h8-10H,3-7H2,1-2H3,(H,16,18)(H,19,20). The minimum absolute atomic E-state index is 0.0115. The van der Waals surface area contributed by atoms with Gasteiger partial charge >= 0.3 is 5.97 Å². The summed E-state index contributed by atoms with van der Waals surface area (Å²) in [7, 11) is 0. The zero-order valence-electron chi connectivity index (χ0n) is 11.9. The van der Waals surface area contributed by atoms with Crippen molar-refractivity contribution in [1.82, 2.24) is 9.78 Å². The average molecular weight is 279 g/mol. The van der Waals surface area contributed by atoms with Crippen LogP contribution in [0.4, 0.5) is 5.69 Å². The van der Waals surface area contributed by atoms with Crippen molar-refractivity contribution in [3.63, 3.8) is 0 Å². The van der Waals surface area contributed by atoms with Crippen molar-refractivity contribution in [2.75, 3.05) is 5.32 Å². The predicted molar refractivity (Wildman–Crippen MR) is 74.4 cm³/mol. The Morgan fingerprint density at radius 1 is 1.35 bits per heavy atom. The molecule has 1 aromatic rings. The third-order valence-corrected chi connectivity index (χ3v) is 3.92.